The van der Waals surface area contributed by atoms with Crippen LogP contribution in [-0.2, 0) is 25.6 Å². The average Bonchev–Trinajstić information content (AvgIpc) is 2.70. The second-order valence-corrected chi connectivity index (χ2v) is 7.45. The van der Waals surface area contributed by atoms with E-state index in [1.54, 1.807) is 7.11 Å². The van der Waals surface area contributed by atoms with Crippen molar-refractivity contribution in [1.82, 2.24) is 0 Å². The molecule has 0 spiro atoms. The molecule has 1 aliphatic heterocycles. The smallest absolute Gasteiger partial charge is 0.311 e. The second kappa shape index (κ2) is 11.9. The zero-order valence-corrected chi connectivity index (χ0v) is 17.6. The zero-order chi connectivity index (χ0) is 20.4. The van der Waals surface area contributed by atoms with Gasteiger partial charge in [0.2, 0.25) is 0 Å². The minimum atomic E-state index is -0.210. The standard InChI is InChI=1S/C23H34O5/c1-5-26-23(24)21(8-6-7-17(2)3)22-14-13-20(16-28-22)27-15-18-9-11-19(25-4)12-10-18/h7,9-12,20-22H,5-6,8,13-16H2,1-4H3/t20-,21-,22-/m0/s1. The lowest BCUT2D eigenvalue weighted by Crippen LogP contribution is -2.39. The molecule has 0 amide bonds. The highest BCUT2D eigenvalue weighted by atomic mass is 16.6. The van der Waals surface area contributed by atoms with E-state index in [2.05, 4.69) is 19.9 Å². The van der Waals surface area contributed by atoms with Gasteiger partial charge in [0, 0.05) is 0 Å². The van der Waals surface area contributed by atoms with Crippen molar-refractivity contribution in [2.75, 3.05) is 20.3 Å². The molecule has 0 N–H and O–H groups in total. The first kappa shape index (κ1) is 22.4. The maximum atomic E-state index is 12.4. The monoisotopic (exact) mass is 390 g/mol. The number of hydrogen-bond acceptors (Lipinski definition) is 5. The summed E-state index contributed by atoms with van der Waals surface area (Å²) < 4.78 is 22.5. The maximum absolute atomic E-state index is 12.4. The third kappa shape index (κ3) is 7.28. The summed E-state index contributed by atoms with van der Waals surface area (Å²) in [4.78, 5) is 12.4. The van der Waals surface area contributed by atoms with Crippen molar-refractivity contribution in [3.05, 3.63) is 41.5 Å². The van der Waals surface area contributed by atoms with Crippen LogP contribution < -0.4 is 4.74 Å². The molecular formula is C23H34O5. The van der Waals surface area contributed by atoms with Gasteiger partial charge in [0.15, 0.2) is 0 Å². The molecule has 3 atom stereocenters. The van der Waals surface area contributed by atoms with Crippen molar-refractivity contribution in [1.29, 1.82) is 0 Å². The first-order valence-corrected chi connectivity index (χ1v) is 10.2. The van der Waals surface area contributed by atoms with Gasteiger partial charge in [-0.3, -0.25) is 4.79 Å². The fourth-order valence-corrected chi connectivity index (χ4v) is 3.39. The topological polar surface area (TPSA) is 54.0 Å². The van der Waals surface area contributed by atoms with E-state index >= 15 is 0 Å². The number of methoxy groups -OCH3 is 1. The fourth-order valence-electron chi connectivity index (χ4n) is 3.39. The highest BCUT2D eigenvalue weighted by Crippen LogP contribution is 2.27. The minimum absolute atomic E-state index is 0.0546. The van der Waals surface area contributed by atoms with Crippen LogP contribution >= 0.6 is 0 Å². The molecule has 1 fully saturated rings. The van der Waals surface area contributed by atoms with Crippen molar-refractivity contribution in [2.24, 2.45) is 5.92 Å². The quantitative estimate of drug-likeness (QED) is 0.429. The lowest BCUT2D eigenvalue weighted by molar-refractivity contribution is -0.161. The third-order valence-electron chi connectivity index (χ3n) is 4.98. The molecule has 0 bridgehead atoms. The Bertz CT molecular complexity index is 610. The van der Waals surface area contributed by atoms with Gasteiger partial charge in [0.05, 0.1) is 45.1 Å². The Morgan fingerprint density at radius 2 is 2.00 bits per heavy atom. The molecule has 1 heterocycles. The predicted octanol–water partition coefficient (Wildman–Crippen LogP) is 4.69. The summed E-state index contributed by atoms with van der Waals surface area (Å²) >= 11 is 0. The number of allylic oxidation sites excluding steroid dienone is 2. The van der Waals surface area contributed by atoms with E-state index in [0.717, 1.165) is 37.0 Å². The zero-order valence-electron chi connectivity index (χ0n) is 17.6. The number of hydrogen-bond donors (Lipinski definition) is 0. The molecule has 156 valence electrons. The molecule has 0 aromatic heterocycles. The summed E-state index contributed by atoms with van der Waals surface area (Å²) in [5.41, 5.74) is 2.37. The maximum Gasteiger partial charge on any atom is 0.311 e. The normalized spacial score (nSPS) is 20.3. The molecule has 0 saturated carbocycles. The summed E-state index contributed by atoms with van der Waals surface area (Å²) in [7, 11) is 1.66. The van der Waals surface area contributed by atoms with E-state index in [0.29, 0.717) is 19.8 Å². The first-order valence-electron chi connectivity index (χ1n) is 10.2. The van der Waals surface area contributed by atoms with E-state index in [-0.39, 0.29) is 24.1 Å². The molecule has 1 saturated heterocycles. The van der Waals surface area contributed by atoms with Crippen LogP contribution in [-0.4, -0.2) is 38.5 Å². The molecule has 0 radical (unpaired) electrons. The Balaban J connectivity index is 1.82. The SMILES string of the molecule is CCOC(=O)[C@@H](CCC=C(C)C)[C@@H]1CC[C@H](OCc2ccc(OC)cc2)CO1. The lowest BCUT2D eigenvalue weighted by atomic mass is 9.90. The Labute approximate surface area is 169 Å². The number of benzene rings is 1. The molecule has 2 rings (SSSR count). The van der Waals surface area contributed by atoms with E-state index in [9.17, 15) is 4.79 Å². The summed E-state index contributed by atoms with van der Waals surface area (Å²) in [5, 5.41) is 0. The van der Waals surface area contributed by atoms with Crippen LogP contribution in [0.5, 0.6) is 5.75 Å². The Morgan fingerprint density at radius 3 is 2.57 bits per heavy atom. The van der Waals surface area contributed by atoms with Crippen LogP contribution in [0.4, 0.5) is 0 Å². The average molecular weight is 391 g/mol. The highest BCUT2D eigenvalue weighted by Gasteiger charge is 2.33. The van der Waals surface area contributed by atoms with Gasteiger partial charge >= 0.3 is 5.97 Å². The van der Waals surface area contributed by atoms with Gasteiger partial charge in [-0.05, 0) is 64.2 Å². The van der Waals surface area contributed by atoms with Crippen LogP contribution in [0.1, 0.15) is 52.0 Å². The fraction of sp³-hybridized carbons (Fsp3) is 0.609. The molecular weight excluding hydrogens is 356 g/mol. The second-order valence-electron chi connectivity index (χ2n) is 7.45. The van der Waals surface area contributed by atoms with Gasteiger partial charge in [-0.1, -0.05) is 23.8 Å². The summed E-state index contributed by atoms with van der Waals surface area (Å²) in [6.07, 6.45) is 5.44. The van der Waals surface area contributed by atoms with Gasteiger partial charge in [-0.2, -0.15) is 0 Å². The largest absolute Gasteiger partial charge is 0.497 e. The molecule has 1 aromatic rings. The first-order chi connectivity index (χ1) is 13.5. The van der Waals surface area contributed by atoms with Crippen LogP contribution in [0.15, 0.2) is 35.9 Å². The van der Waals surface area contributed by atoms with Crippen molar-refractivity contribution >= 4 is 5.97 Å². The van der Waals surface area contributed by atoms with Gasteiger partial charge in [0.1, 0.15) is 5.75 Å². The molecule has 0 aliphatic carbocycles. The molecule has 5 heteroatoms. The Kier molecular flexibility index (Phi) is 9.51. The third-order valence-corrected chi connectivity index (χ3v) is 4.98. The van der Waals surface area contributed by atoms with Crippen molar-refractivity contribution in [3.8, 4) is 5.75 Å². The van der Waals surface area contributed by atoms with Gasteiger partial charge < -0.3 is 18.9 Å². The van der Waals surface area contributed by atoms with E-state index in [1.807, 2.05) is 31.2 Å². The van der Waals surface area contributed by atoms with Gasteiger partial charge in [0.25, 0.3) is 0 Å². The van der Waals surface area contributed by atoms with Crippen molar-refractivity contribution in [3.63, 3.8) is 0 Å². The summed E-state index contributed by atoms with van der Waals surface area (Å²) in [6.45, 7) is 7.44. The Hall–Kier alpha value is -1.85. The number of carbonyl (C=O) groups is 1. The number of esters is 1. The number of ether oxygens (including phenoxy) is 4. The van der Waals surface area contributed by atoms with Crippen LogP contribution in [0.3, 0.4) is 0 Å². The summed E-state index contributed by atoms with van der Waals surface area (Å²) in [5.74, 6) is 0.482. The molecule has 0 unspecified atom stereocenters. The van der Waals surface area contributed by atoms with Gasteiger partial charge in [-0.25, -0.2) is 0 Å². The van der Waals surface area contributed by atoms with Crippen LogP contribution in [0.25, 0.3) is 0 Å². The molecule has 1 aliphatic rings. The molecule has 5 nitrogen and oxygen atoms in total. The van der Waals surface area contributed by atoms with Crippen molar-refractivity contribution < 1.29 is 23.7 Å². The number of rotatable bonds is 10. The number of carbonyl (C=O) groups excluding carboxylic acids is 1. The minimum Gasteiger partial charge on any atom is -0.497 e. The lowest BCUT2D eigenvalue weighted by Gasteiger charge is -2.33. The van der Waals surface area contributed by atoms with Crippen LogP contribution in [0.2, 0.25) is 0 Å². The van der Waals surface area contributed by atoms with E-state index in [4.69, 9.17) is 18.9 Å². The van der Waals surface area contributed by atoms with Gasteiger partial charge in [-0.15, -0.1) is 0 Å². The molecule has 1 aromatic carbocycles. The highest BCUT2D eigenvalue weighted by molar-refractivity contribution is 5.73. The summed E-state index contributed by atoms with van der Waals surface area (Å²) in [6, 6.07) is 7.88. The van der Waals surface area contributed by atoms with E-state index < -0.39 is 0 Å². The van der Waals surface area contributed by atoms with Crippen molar-refractivity contribution in [2.45, 2.75) is 65.3 Å². The predicted molar refractivity (Wildman–Crippen MR) is 109 cm³/mol. The molecule has 28 heavy (non-hydrogen) atoms. The Morgan fingerprint density at radius 1 is 1.25 bits per heavy atom. The van der Waals surface area contributed by atoms with E-state index in [1.165, 1.54) is 5.57 Å². The van der Waals surface area contributed by atoms with Crippen LogP contribution in [0, 0.1) is 5.92 Å².